The van der Waals surface area contributed by atoms with E-state index in [4.69, 9.17) is 9.47 Å². The van der Waals surface area contributed by atoms with Gasteiger partial charge in [-0.3, -0.25) is 4.79 Å². The molecular weight excluding hydrogens is 366 g/mol. The number of anilines is 2. The van der Waals surface area contributed by atoms with Crippen LogP contribution in [0.1, 0.15) is 39.5 Å². The van der Waals surface area contributed by atoms with Crippen molar-refractivity contribution in [2.75, 3.05) is 19.5 Å². The molecule has 1 heterocycles. The lowest BCUT2D eigenvalue weighted by Gasteiger charge is -2.24. The van der Waals surface area contributed by atoms with Gasteiger partial charge in [0.25, 0.3) is 0 Å². The van der Waals surface area contributed by atoms with E-state index in [2.05, 4.69) is 15.3 Å². The molecule has 3 aromatic rings. The van der Waals surface area contributed by atoms with Crippen molar-refractivity contribution in [3.8, 4) is 11.5 Å². The van der Waals surface area contributed by atoms with Crippen molar-refractivity contribution >= 4 is 17.4 Å². The average molecular weight is 389 g/mol. The number of methoxy groups -OCH3 is 2. The number of aromatic nitrogens is 2. The van der Waals surface area contributed by atoms with Gasteiger partial charge in [-0.2, -0.15) is 0 Å². The van der Waals surface area contributed by atoms with Crippen LogP contribution in [0.15, 0.2) is 48.7 Å². The predicted molar refractivity (Wildman–Crippen MR) is 111 cm³/mol. The summed E-state index contributed by atoms with van der Waals surface area (Å²) < 4.78 is 10.7. The molecular formula is C23H23N3O3. The van der Waals surface area contributed by atoms with Crippen LogP contribution in [0.4, 0.5) is 11.6 Å². The van der Waals surface area contributed by atoms with Gasteiger partial charge in [0.2, 0.25) is 5.95 Å². The largest absolute Gasteiger partial charge is 0.493 e. The topological polar surface area (TPSA) is 73.3 Å². The maximum atomic E-state index is 12.7. The number of aryl methyl sites for hydroxylation is 1. The van der Waals surface area contributed by atoms with Crippen molar-refractivity contribution in [3.63, 3.8) is 0 Å². The number of benzene rings is 2. The third kappa shape index (κ3) is 3.92. The van der Waals surface area contributed by atoms with E-state index >= 15 is 0 Å². The Morgan fingerprint density at radius 2 is 1.86 bits per heavy atom. The highest BCUT2D eigenvalue weighted by molar-refractivity contribution is 5.98. The zero-order chi connectivity index (χ0) is 20.4. The van der Waals surface area contributed by atoms with Crippen LogP contribution < -0.4 is 14.8 Å². The predicted octanol–water partition coefficient (Wildman–Crippen LogP) is 4.46. The van der Waals surface area contributed by atoms with Gasteiger partial charge in [0, 0.05) is 18.3 Å². The van der Waals surface area contributed by atoms with Gasteiger partial charge >= 0.3 is 0 Å². The van der Waals surface area contributed by atoms with Crippen LogP contribution in [-0.2, 0) is 6.42 Å². The summed E-state index contributed by atoms with van der Waals surface area (Å²) in [6.45, 7) is 2.03. The van der Waals surface area contributed by atoms with Crippen molar-refractivity contribution in [1.29, 1.82) is 0 Å². The van der Waals surface area contributed by atoms with Gasteiger partial charge in [0.05, 0.1) is 25.5 Å². The smallest absolute Gasteiger partial charge is 0.227 e. The number of ether oxygens (including phenoxy) is 2. The fourth-order valence-corrected chi connectivity index (χ4v) is 3.70. The van der Waals surface area contributed by atoms with Gasteiger partial charge in [-0.1, -0.05) is 18.2 Å². The van der Waals surface area contributed by atoms with E-state index in [9.17, 15) is 4.79 Å². The lowest BCUT2D eigenvalue weighted by Crippen LogP contribution is -2.21. The van der Waals surface area contributed by atoms with Crippen molar-refractivity contribution in [2.45, 2.75) is 25.7 Å². The van der Waals surface area contributed by atoms with E-state index in [0.717, 1.165) is 22.5 Å². The van der Waals surface area contributed by atoms with E-state index in [-0.39, 0.29) is 11.7 Å². The monoisotopic (exact) mass is 389 g/mol. The number of hydrogen-bond acceptors (Lipinski definition) is 6. The maximum absolute atomic E-state index is 12.7. The van der Waals surface area contributed by atoms with E-state index in [1.165, 1.54) is 0 Å². The zero-order valence-electron chi connectivity index (χ0n) is 16.7. The van der Waals surface area contributed by atoms with Crippen LogP contribution in [0.25, 0.3) is 0 Å². The normalized spacial score (nSPS) is 15.6. The Kier molecular flexibility index (Phi) is 5.16. The van der Waals surface area contributed by atoms with Crippen LogP contribution in [0.5, 0.6) is 11.5 Å². The van der Waals surface area contributed by atoms with Crippen LogP contribution in [0, 0.1) is 6.92 Å². The number of rotatable bonds is 5. The minimum Gasteiger partial charge on any atom is -0.493 e. The van der Waals surface area contributed by atoms with Gasteiger partial charge in [-0.05, 0) is 54.7 Å². The van der Waals surface area contributed by atoms with Gasteiger partial charge in [-0.25, -0.2) is 9.97 Å². The molecule has 0 bridgehead atoms. The van der Waals surface area contributed by atoms with Gasteiger partial charge in [-0.15, -0.1) is 0 Å². The molecule has 0 fully saturated rings. The summed E-state index contributed by atoms with van der Waals surface area (Å²) in [5, 5.41) is 3.23. The molecule has 29 heavy (non-hydrogen) atoms. The third-order valence-electron chi connectivity index (χ3n) is 5.19. The van der Waals surface area contributed by atoms with Crippen LogP contribution in [0.3, 0.4) is 0 Å². The van der Waals surface area contributed by atoms with E-state index in [1.54, 1.807) is 20.4 Å². The number of ketones is 1. The molecule has 1 aliphatic carbocycles. The van der Waals surface area contributed by atoms with Gasteiger partial charge in [0.1, 0.15) is 0 Å². The summed E-state index contributed by atoms with van der Waals surface area (Å²) in [5.74, 6) is 1.93. The minimum atomic E-state index is 0.0384. The van der Waals surface area contributed by atoms with Crippen molar-refractivity contribution in [3.05, 3.63) is 71.0 Å². The lowest BCUT2D eigenvalue weighted by molar-refractivity contribution is 0.0962. The highest BCUT2D eigenvalue weighted by Gasteiger charge is 2.28. The van der Waals surface area contributed by atoms with E-state index < -0.39 is 0 Å². The molecule has 0 radical (unpaired) electrons. The third-order valence-corrected chi connectivity index (χ3v) is 5.19. The lowest BCUT2D eigenvalue weighted by atomic mass is 9.82. The molecule has 1 atom stereocenters. The zero-order valence-corrected chi connectivity index (χ0v) is 16.7. The van der Waals surface area contributed by atoms with Crippen molar-refractivity contribution in [2.24, 2.45) is 0 Å². The minimum absolute atomic E-state index is 0.0384. The second-order valence-electron chi connectivity index (χ2n) is 7.19. The summed E-state index contributed by atoms with van der Waals surface area (Å²) in [5.41, 5.74) is 4.48. The maximum Gasteiger partial charge on any atom is 0.227 e. The van der Waals surface area contributed by atoms with Gasteiger partial charge in [0.15, 0.2) is 17.3 Å². The van der Waals surface area contributed by atoms with Crippen molar-refractivity contribution in [1.82, 2.24) is 9.97 Å². The first kappa shape index (κ1) is 18.9. The summed E-state index contributed by atoms with van der Waals surface area (Å²) >= 11 is 0. The molecule has 0 saturated carbocycles. The Morgan fingerprint density at radius 3 is 2.62 bits per heavy atom. The summed E-state index contributed by atoms with van der Waals surface area (Å²) in [6, 6.07) is 13.8. The first-order valence-corrected chi connectivity index (χ1v) is 9.52. The second-order valence-corrected chi connectivity index (χ2v) is 7.19. The van der Waals surface area contributed by atoms with Gasteiger partial charge < -0.3 is 14.8 Å². The highest BCUT2D eigenvalue weighted by Crippen LogP contribution is 2.36. The Morgan fingerprint density at radius 1 is 1.03 bits per heavy atom. The molecule has 1 N–H and O–H groups in total. The first-order chi connectivity index (χ1) is 14.1. The summed E-state index contributed by atoms with van der Waals surface area (Å²) in [4.78, 5) is 21.7. The number of hydrogen-bond donors (Lipinski definition) is 1. The SMILES string of the molecule is COc1ccc([C@@H]2CC(=O)c3cnc(Nc4cccc(C)c4)nc3C2)cc1OC. The Hall–Kier alpha value is -3.41. The standard InChI is InChI=1S/C23H23N3O3/c1-14-5-4-6-17(9-14)25-23-24-13-18-19(26-23)10-16(11-20(18)27)15-7-8-21(28-2)22(12-15)29-3/h4-9,12-13,16H,10-11H2,1-3H3,(H,24,25,26)/t16-/m0/s1. The molecule has 4 rings (SSSR count). The number of nitrogens with one attached hydrogen (secondary N) is 1. The first-order valence-electron chi connectivity index (χ1n) is 9.52. The summed E-state index contributed by atoms with van der Waals surface area (Å²) in [6.07, 6.45) is 2.73. The Bertz CT molecular complexity index is 1060. The second kappa shape index (κ2) is 7.91. The summed E-state index contributed by atoms with van der Waals surface area (Å²) in [7, 11) is 3.22. The molecule has 2 aromatic carbocycles. The molecule has 6 heteroatoms. The number of fused-ring (bicyclic) bond motifs is 1. The molecule has 0 saturated heterocycles. The molecule has 148 valence electrons. The number of nitrogens with zero attached hydrogens (tertiary/aromatic N) is 2. The molecule has 1 aliphatic rings. The van der Waals surface area contributed by atoms with E-state index in [0.29, 0.717) is 35.9 Å². The van der Waals surface area contributed by atoms with Crippen LogP contribution in [-0.4, -0.2) is 30.0 Å². The number of carbonyl (C=O) groups is 1. The molecule has 0 unspecified atom stereocenters. The van der Waals surface area contributed by atoms with Crippen LogP contribution in [0.2, 0.25) is 0 Å². The number of carbonyl (C=O) groups excluding carboxylic acids is 1. The Balaban J connectivity index is 1.61. The molecule has 0 amide bonds. The van der Waals surface area contributed by atoms with E-state index in [1.807, 2.05) is 49.4 Å². The van der Waals surface area contributed by atoms with Crippen molar-refractivity contribution < 1.29 is 14.3 Å². The average Bonchev–Trinajstić information content (AvgIpc) is 2.73. The quantitative estimate of drug-likeness (QED) is 0.695. The fraction of sp³-hybridized carbons (Fsp3) is 0.261. The highest BCUT2D eigenvalue weighted by atomic mass is 16.5. The van der Waals surface area contributed by atoms with Crippen LogP contribution >= 0.6 is 0 Å². The molecule has 6 nitrogen and oxygen atoms in total. The number of Topliss-reactive ketones (excluding diaryl/α,β-unsaturated/α-hetero) is 1. The molecule has 0 aliphatic heterocycles. The fourth-order valence-electron chi connectivity index (χ4n) is 3.70. The molecule has 0 spiro atoms. The Labute approximate surface area is 169 Å². The molecule has 1 aromatic heterocycles.